The van der Waals surface area contributed by atoms with E-state index in [1.54, 1.807) is 14.1 Å². The van der Waals surface area contributed by atoms with Gasteiger partial charge in [-0.2, -0.15) is 0 Å². The van der Waals surface area contributed by atoms with Crippen molar-refractivity contribution in [2.75, 3.05) is 19.8 Å². The molecule has 0 aliphatic heterocycles. The number of hydrogen-bond donors (Lipinski definition) is 0. The summed E-state index contributed by atoms with van der Waals surface area (Å²) in [6.07, 6.45) is 0. The minimum atomic E-state index is -0.00463. The first-order valence-corrected chi connectivity index (χ1v) is 2.54. The molecular formula is C4H8NNaOS. The summed E-state index contributed by atoms with van der Waals surface area (Å²) in [5, 5.41) is 0. The van der Waals surface area contributed by atoms with Crippen molar-refractivity contribution >= 4 is 18.5 Å². The van der Waals surface area contributed by atoms with Crippen LogP contribution < -0.4 is 29.6 Å². The van der Waals surface area contributed by atoms with Gasteiger partial charge in [0, 0.05) is 14.1 Å². The van der Waals surface area contributed by atoms with Crippen molar-refractivity contribution in [3.8, 4) is 0 Å². The van der Waals surface area contributed by atoms with Crippen LogP contribution in [0.3, 0.4) is 0 Å². The van der Waals surface area contributed by atoms with Crippen molar-refractivity contribution in [2.45, 2.75) is 0 Å². The van der Waals surface area contributed by atoms with Gasteiger partial charge in [-0.05, 0) is 0 Å². The van der Waals surface area contributed by atoms with Crippen LogP contribution in [-0.4, -0.2) is 30.7 Å². The van der Waals surface area contributed by atoms with Crippen molar-refractivity contribution in [1.82, 2.24) is 4.90 Å². The Kier molecular flexibility index (Phi) is 8.62. The van der Waals surface area contributed by atoms with E-state index in [1.807, 2.05) is 0 Å². The van der Waals surface area contributed by atoms with Gasteiger partial charge in [0.25, 0.3) is 0 Å². The molecule has 0 N–H and O–H groups in total. The topological polar surface area (TPSA) is 20.3 Å². The average molecular weight is 141 g/mol. The van der Waals surface area contributed by atoms with Gasteiger partial charge in [-0.3, -0.25) is 4.79 Å². The Labute approximate surface area is 77.3 Å². The Balaban J connectivity index is 0. The molecular weight excluding hydrogens is 133 g/mol. The monoisotopic (exact) mass is 141 g/mol. The van der Waals surface area contributed by atoms with Gasteiger partial charge in [0.2, 0.25) is 0 Å². The van der Waals surface area contributed by atoms with Gasteiger partial charge in [-0.1, -0.05) is 5.75 Å². The number of carbonyl (C=O) groups is 1. The van der Waals surface area contributed by atoms with Crippen LogP contribution in [0.25, 0.3) is 0 Å². The molecule has 0 rings (SSSR count). The van der Waals surface area contributed by atoms with E-state index in [2.05, 4.69) is 12.6 Å². The standard InChI is InChI=1S/C4H9NOS.Na/c1-5(2)4(6)3-7;/h7H,3H2,1-2H3;/q;+1/p-1. The Bertz CT molecular complexity index is 76.4. The third-order valence-electron chi connectivity index (χ3n) is 0.622. The maximum absolute atomic E-state index is 10.3. The van der Waals surface area contributed by atoms with E-state index >= 15 is 0 Å². The van der Waals surface area contributed by atoms with Crippen LogP contribution in [-0.2, 0) is 17.4 Å². The molecule has 1 amide bonds. The fraction of sp³-hybridized carbons (Fsp3) is 0.750. The summed E-state index contributed by atoms with van der Waals surface area (Å²) in [6, 6.07) is 0. The third-order valence-corrected chi connectivity index (χ3v) is 0.869. The normalized spacial score (nSPS) is 7.38. The first-order valence-electron chi connectivity index (χ1n) is 1.96. The molecule has 0 atom stereocenters. The summed E-state index contributed by atoms with van der Waals surface area (Å²) in [7, 11) is 3.38. The molecule has 4 heteroatoms. The molecule has 0 saturated heterocycles. The first kappa shape index (κ1) is 11.6. The second-order valence-electron chi connectivity index (χ2n) is 1.43. The fourth-order valence-corrected chi connectivity index (χ4v) is 0.387. The molecule has 0 aromatic carbocycles. The Hall–Kier alpha value is 0.820. The SMILES string of the molecule is CN(C)C(=O)C[S-].[Na+]. The van der Waals surface area contributed by atoms with Crippen LogP contribution >= 0.6 is 0 Å². The zero-order chi connectivity index (χ0) is 5.86. The quantitative estimate of drug-likeness (QED) is 0.280. The molecule has 0 bridgehead atoms. The molecule has 0 spiro atoms. The predicted molar refractivity (Wildman–Crippen MR) is 30.9 cm³/mol. The van der Waals surface area contributed by atoms with Crippen molar-refractivity contribution in [3.05, 3.63) is 0 Å². The largest absolute Gasteiger partial charge is 1.00 e. The van der Waals surface area contributed by atoms with Gasteiger partial charge in [0.05, 0.1) is 0 Å². The maximum Gasteiger partial charge on any atom is 1.00 e. The van der Waals surface area contributed by atoms with Crippen LogP contribution in [0.15, 0.2) is 0 Å². The summed E-state index contributed by atoms with van der Waals surface area (Å²) in [5.74, 6) is 0.183. The van der Waals surface area contributed by atoms with Crippen LogP contribution in [0.2, 0.25) is 0 Å². The number of hydrogen-bond acceptors (Lipinski definition) is 2. The Morgan fingerprint density at radius 3 is 2.00 bits per heavy atom. The minimum Gasteiger partial charge on any atom is -0.783 e. The molecule has 0 aromatic rings. The second-order valence-corrected chi connectivity index (χ2v) is 1.72. The van der Waals surface area contributed by atoms with Crippen molar-refractivity contribution < 1.29 is 34.4 Å². The van der Waals surface area contributed by atoms with Gasteiger partial charge in [0.15, 0.2) is 5.91 Å². The van der Waals surface area contributed by atoms with E-state index in [4.69, 9.17) is 0 Å². The van der Waals surface area contributed by atoms with Crippen LogP contribution in [0.4, 0.5) is 0 Å². The molecule has 0 unspecified atom stereocenters. The average Bonchev–Trinajstić information content (AvgIpc) is 1.65. The van der Waals surface area contributed by atoms with Crippen LogP contribution in [0.5, 0.6) is 0 Å². The molecule has 0 aliphatic carbocycles. The maximum atomic E-state index is 10.3. The van der Waals surface area contributed by atoms with Gasteiger partial charge < -0.3 is 17.5 Å². The molecule has 0 saturated carbocycles. The van der Waals surface area contributed by atoms with Gasteiger partial charge in [0.1, 0.15) is 0 Å². The van der Waals surface area contributed by atoms with E-state index < -0.39 is 0 Å². The summed E-state index contributed by atoms with van der Waals surface area (Å²) in [6.45, 7) is 0. The van der Waals surface area contributed by atoms with Gasteiger partial charge in [-0.25, -0.2) is 0 Å². The molecule has 0 radical (unpaired) electrons. The molecule has 0 heterocycles. The molecule has 0 aliphatic rings. The third kappa shape index (κ3) is 4.97. The minimum absolute atomic E-state index is 0. The number of rotatable bonds is 1. The van der Waals surface area contributed by atoms with Crippen molar-refractivity contribution in [3.63, 3.8) is 0 Å². The fourth-order valence-electron chi connectivity index (χ4n) is 0.129. The zero-order valence-corrected chi connectivity index (χ0v) is 8.29. The van der Waals surface area contributed by atoms with Gasteiger partial charge in [-0.15, -0.1) is 0 Å². The molecule has 0 fully saturated rings. The Morgan fingerprint density at radius 2 is 2.00 bits per heavy atom. The summed E-state index contributed by atoms with van der Waals surface area (Å²) >= 11 is 4.46. The predicted octanol–water partition coefficient (Wildman–Crippen LogP) is -3.37. The van der Waals surface area contributed by atoms with E-state index in [-0.39, 0.29) is 41.2 Å². The van der Waals surface area contributed by atoms with E-state index in [0.717, 1.165) is 0 Å². The Morgan fingerprint density at radius 1 is 1.62 bits per heavy atom. The first-order chi connectivity index (χ1) is 3.18. The van der Waals surface area contributed by atoms with E-state index in [9.17, 15) is 4.79 Å². The smallest absolute Gasteiger partial charge is 0.783 e. The molecule has 42 valence electrons. The zero-order valence-electron chi connectivity index (χ0n) is 5.47. The van der Waals surface area contributed by atoms with Crippen LogP contribution in [0.1, 0.15) is 0 Å². The van der Waals surface area contributed by atoms with E-state index in [1.165, 1.54) is 4.90 Å². The summed E-state index contributed by atoms with van der Waals surface area (Å²) in [4.78, 5) is 11.8. The summed E-state index contributed by atoms with van der Waals surface area (Å²) in [5.41, 5.74) is 0. The number of nitrogens with zero attached hydrogens (tertiary/aromatic N) is 1. The number of amides is 1. The number of carbonyl (C=O) groups excluding carboxylic acids is 1. The molecule has 0 aromatic heterocycles. The molecule has 2 nitrogen and oxygen atoms in total. The van der Waals surface area contributed by atoms with Crippen molar-refractivity contribution in [2.24, 2.45) is 0 Å². The van der Waals surface area contributed by atoms with E-state index in [0.29, 0.717) is 0 Å². The van der Waals surface area contributed by atoms with Crippen LogP contribution in [0, 0.1) is 0 Å². The second kappa shape index (κ2) is 5.95. The summed E-state index contributed by atoms with van der Waals surface area (Å²) < 4.78 is 0. The molecule has 8 heavy (non-hydrogen) atoms. The van der Waals surface area contributed by atoms with Crippen molar-refractivity contribution in [1.29, 1.82) is 0 Å². The van der Waals surface area contributed by atoms with Gasteiger partial charge >= 0.3 is 29.6 Å².